The lowest BCUT2D eigenvalue weighted by molar-refractivity contribution is 0.186. The number of benzene rings is 2. The summed E-state index contributed by atoms with van der Waals surface area (Å²) in [5.74, 6) is 0.861. The van der Waals surface area contributed by atoms with E-state index in [2.05, 4.69) is 5.32 Å². The average Bonchev–Trinajstić information content (AvgIpc) is 2.52. The summed E-state index contributed by atoms with van der Waals surface area (Å²) in [6.07, 6.45) is -0.956. The molecular formula is C16H18FNO3. The molecule has 2 N–H and O–H groups in total. The number of rotatable bonds is 6. The van der Waals surface area contributed by atoms with Gasteiger partial charge in [0.2, 0.25) is 0 Å². The number of aliphatic hydroxyl groups excluding tert-OH is 1. The Morgan fingerprint density at radius 1 is 1.14 bits per heavy atom. The predicted octanol–water partition coefficient (Wildman–Crippen LogP) is 2.99. The van der Waals surface area contributed by atoms with Crippen LogP contribution in [0.3, 0.4) is 0 Å². The molecule has 0 heterocycles. The monoisotopic (exact) mass is 291 g/mol. The molecule has 112 valence electrons. The molecule has 1 unspecified atom stereocenters. The predicted molar refractivity (Wildman–Crippen MR) is 79.4 cm³/mol. The molecule has 0 saturated heterocycles. The van der Waals surface area contributed by atoms with E-state index in [4.69, 9.17) is 9.47 Å². The lowest BCUT2D eigenvalue weighted by Gasteiger charge is -2.16. The molecule has 1 atom stereocenters. The molecule has 0 radical (unpaired) electrons. The molecule has 0 fully saturated rings. The first-order valence-corrected chi connectivity index (χ1v) is 6.54. The molecule has 0 aliphatic carbocycles. The van der Waals surface area contributed by atoms with Gasteiger partial charge in [-0.1, -0.05) is 18.2 Å². The van der Waals surface area contributed by atoms with Crippen LogP contribution in [0.2, 0.25) is 0 Å². The summed E-state index contributed by atoms with van der Waals surface area (Å²) in [5, 5.41) is 13.1. The number of aliphatic hydroxyl groups is 1. The molecule has 0 aromatic heterocycles. The van der Waals surface area contributed by atoms with E-state index >= 15 is 0 Å². The van der Waals surface area contributed by atoms with Gasteiger partial charge in [0.1, 0.15) is 17.3 Å². The standard InChI is InChI=1S/C16H18FNO3/c1-20-11-7-8-16(21-2)14(9-11)18-10-15(19)12-5-3-4-6-13(12)17/h3-9,15,18-19H,10H2,1-2H3. The zero-order valence-electron chi connectivity index (χ0n) is 12.0. The summed E-state index contributed by atoms with van der Waals surface area (Å²) >= 11 is 0. The Balaban J connectivity index is 2.10. The molecule has 0 spiro atoms. The van der Waals surface area contributed by atoms with Gasteiger partial charge in [-0.3, -0.25) is 0 Å². The van der Waals surface area contributed by atoms with Gasteiger partial charge >= 0.3 is 0 Å². The molecule has 2 aromatic carbocycles. The molecule has 2 rings (SSSR count). The van der Waals surface area contributed by atoms with Crippen molar-refractivity contribution in [1.29, 1.82) is 0 Å². The first-order valence-electron chi connectivity index (χ1n) is 6.54. The van der Waals surface area contributed by atoms with Crippen LogP contribution in [0.1, 0.15) is 11.7 Å². The lowest BCUT2D eigenvalue weighted by Crippen LogP contribution is -2.14. The van der Waals surface area contributed by atoms with Crippen LogP contribution in [0, 0.1) is 5.82 Å². The highest BCUT2D eigenvalue weighted by atomic mass is 19.1. The average molecular weight is 291 g/mol. The van der Waals surface area contributed by atoms with Crippen LogP contribution < -0.4 is 14.8 Å². The Morgan fingerprint density at radius 2 is 1.90 bits per heavy atom. The Hall–Kier alpha value is -2.27. The van der Waals surface area contributed by atoms with E-state index in [-0.39, 0.29) is 12.1 Å². The highest BCUT2D eigenvalue weighted by Crippen LogP contribution is 2.29. The first kappa shape index (κ1) is 15.1. The zero-order chi connectivity index (χ0) is 15.2. The minimum atomic E-state index is -0.956. The fourth-order valence-electron chi connectivity index (χ4n) is 2.01. The fourth-order valence-corrected chi connectivity index (χ4v) is 2.01. The highest BCUT2D eigenvalue weighted by Gasteiger charge is 2.13. The summed E-state index contributed by atoms with van der Waals surface area (Å²) in [6.45, 7) is 0.157. The van der Waals surface area contributed by atoms with E-state index in [1.54, 1.807) is 50.6 Å². The van der Waals surface area contributed by atoms with Crippen molar-refractivity contribution >= 4 is 5.69 Å². The zero-order valence-corrected chi connectivity index (χ0v) is 12.0. The summed E-state index contributed by atoms with van der Waals surface area (Å²) in [6, 6.07) is 11.5. The van der Waals surface area contributed by atoms with Crippen molar-refractivity contribution in [1.82, 2.24) is 0 Å². The van der Waals surface area contributed by atoms with Gasteiger partial charge in [0.25, 0.3) is 0 Å². The maximum Gasteiger partial charge on any atom is 0.142 e. The molecule has 21 heavy (non-hydrogen) atoms. The second-order valence-electron chi connectivity index (χ2n) is 4.48. The van der Waals surface area contributed by atoms with Gasteiger partial charge < -0.3 is 19.9 Å². The van der Waals surface area contributed by atoms with E-state index in [1.165, 1.54) is 6.07 Å². The number of methoxy groups -OCH3 is 2. The van der Waals surface area contributed by atoms with Crippen LogP contribution in [0.4, 0.5) is 10.1 Å². The van der Waals surface area contributed by atoms with Crippen LogP contribution in [-0.4, -0.2) is 25.9 Å². The SMILES string of the molecule is COc1ccc(OC)c(NCC(O)c2ccccc2F)c1. The number of anilines is 1. The van der Waals surface area contributed by atoms with Crippen LogP contribution in [-0.2, 0) is 0 Å². The Kier molecular flexibility index (Phi) is 5.00. The molecule has 2 aromatic rings. The van der Waals surface area contributed by atoms with Crippen molar-refractivity contribution in [2.75, 3.05) is 26.1 Å². The van der Waals surface area contributed by atoms with Crippen molar-refractivity contribution in [3.05, 3.63) is 53.8 Å². The Bertz CT molecular complexity index is 604. The largest absolute Gasteiger partial charge is 0.497 e. The van der Waals surface area contributed by atoms with Crippen molar-refractivity contribution in [2.24, 2.45) is 0 Å². The molecule has 4 nitrogen and oxygen atoms in total. The van der Waals surface area contributed by atoms with Gasteiger partial charge in [-0.2, -0.15) is 0 Å². The normalized spacial score (nSPS) is 11.8. The topological polar surface area (TPSA) is 50.7 Å². The molecule has 0 amide bonds. The van der Waals surface area contributed by atoms with E-state index in [0.29, 0.717) is 17.2 Å². The summed E-state index contributed by atoms with van der Waals surface area (Å²) in [7, 11) is 3.13. The molecular weight excluding hydrogens is 273 g/mol. The third-order valence-electron chi connectivity index (χ3n) is 3.16. The van der Waals surface area contributed by atoms with Gasteiger partial charge in [0.05, 0.1) is 26.0 Å². The number of nitrogens with one attached hydrogen (secondary N) is 1. The Labute approximate surface area is 123 Å². The minimum Gasteiger partial charge on any atom is -0.497 e. The van der Waals surface area contributed by atoms with Crippen LogP contribution in [0.15, 0.2) is 42.5 Å². The number of halogens is 1. The van der Waals surface area contributed by atoms with Crippen molar-refractivity contribution in [3.8, 4) is 11.5 Å². The second kappa shape index (κ2) is 6.95. The summed E-state index contributed by atoms with van der Waals surface area (Å²) in [4.78, 5) is 0. The van der Waals surface area contributed by atoms with Crippen LogP contribution in [0.25, 0.3) is 0 Å². The van der Waals surface area contributed by atoms with Crippen LogP contribution in [0.5, 0.6) is 11.5 Å². The van der Waals surface area contributed by atoms with Gasteiger partial charge in [-0.15, -0.1) is 0 Å². The third kappa shape index (κ3) is 3.64. The minimum absolute atomic E-state index is 0.157. The van der Waals surface area contributed by atoms with Crippen molar-refractivity contribution in [2.45, 2.75) is 6.10 Å². The third-order valence-corrected chi connectivity index (χ3v) is 3.16. The number of hydrogen-bond donors (Lipinski definition) is 2. The van der Waals surface area contributed by atoms with Gasteiger partial charge in [0.15, 0.2) is 0 Å². The van der Waals surface area contributed by atoms with E-state index in [9.17, 15) is 9.50 Å². The quantitative estimate of drug-likeness (QED) is 0.859. The Morgan fingerprint density at radius 3 is 2.57 bits per heavy atom. The summed E-state index contributed by atoms with van der Waals surface area (Å²) < 4.78 is 24.0. The smallest absolute Gasteiger partial charge is 0.142 e. The molecule has 0 saturated carbocycles. The van der Waals surface area contributed by atoms with Crippen molar-refractivity contribution < 1.29 is 19.0 Å². The lowest BCUT2D eigenvalue weighted by atomic mass is 10.1. The number of ether oxygens (including phenoxy) is 2. The fraction of sp³-hybridized carbons (Fsp3) is 0.250. The maximum atomic E-state index is 13.6. The molecule has 0 aliphatic rings. The maximum absolute atomic E-state index is 13.6. The first-order chi connectivity index (χ1) is 10.2. The van der Waals surface area contributed by atoms with E-state index < -0.39 is 11.9 Å². The number of hydrogen-bond acceptors (Lipinski definition) is 4. The second-order valence-corrected chi connectivity index (χ2v) is 4.48. The molecule has 5 heteroatoms. The van der Waals surface area contributed by atoms with Crippen molar-refractivity contribution in [3.63, 3.8) is 0 Å². The van der Waals surface area contributed by atoms with E-state index in [1.807, 2.05) is 0 Å². The van der Waals surface area contributed by atoms with Gasteiger partial charge in [-0.05, 0) is 18.2 Å². The van der Waals surface area contributed by atoms with Gasteiger partial charge in [0, 0.05) is 18.2 Å². The van der Waals surface area contributed by atoms with Gasteiger partial charge in [-0.25, -0.2) is 4.39 Å². The van der Waals surface area contributed by atoms with Crippen LogP contribution >= 0.6 is 0 Å². The summed E-state index contributed by atoms with van der Waals surface area (Å²) in [5.41, 5.74) is 0.930. The molecule has 0 aliphatic heterocycles. The highest BCUT2D eigenvalue weighted by molar-refractivity contribution is 5.59. The van der Waals surface area contributed by atoms with E-state index in [0.717, 1.165) is 0 Å². The molecule has 0 bridgehead atoms.